The molecule has 1 aliphatic rings. The zero-order chi connectivity index (χ0) is 13.8. The number of carbonyl (C=O) groups is 2. The van der Waals surface area contributed by atoms with Crippen LogP contribution in [-0.4, -0.2) is 43.2 Å². The van der Waals surface area contributed by atoms with Crippen LogP contribution in [0, 0.1) is 0 Å². The number of ether oxygens (including phenoxy) is 1. The van der Waals surface area contributed by atoms with Crippen molar-refractivity contribution in [2.45, 2.75) is 6.92 Å². The van der Waals surface area contributed by atoms with Gasteiger partial charge in [0.15, 0.2) is 5.75 Å². The van der Waals surface area contributed by atoms with E-state index in [0.29, 0.717) is 25.4 Å². The molecule has 0 aliphatic carbocycles. The molecule has 0 atom stereocenters. The first-order chi connectivity index (χ1) is 9.15. The smallest absolute Gasteiger partial charge is 0.339 e. The van der Waals surface area contributed by atoms with Crippen LogP contribution >= 0.6 is 0 Å². The number of benzene rings is 1. The van der Waals surface area contributed by atoms with E-state index in [-0.39, 0.29) is 23.8 Å². The number of para-hydroxylation sites is 1. The number of carboxylic acids is 1. The van der Waals surface area contributed by atoms with Gasteiger partial charge in [0.2, 0.25) is 5.91 Å². The van der Waals surface area contributed by atoms with Crippen molar-refractivity contribution in [2.75, 3.05) is 31.1 Å². The molecule has 0 radical (unpaired) electrons. The van der Waals surface area contributed by atoms with Gasteiger partial charge in [-0.15, -0.1) is 0 Å². The zero-order valence-corrected chi connectivity index (χ0v) is 10.7. The van der Waals surface area contributed by atoms with Gasteiger partial charge in [-0.25, -0.2) is 4.79 Å². The number of amides is 1. The van der Waals surface area contributed by atoms with E-state index < -0.39 is 5.97 Å². The van der Waals surface area contributed by atoms with Crippen LogP contribution in [0.25, 0.3) is 0 Å². The van der Waals surface area contributed by atoms with Crippen molar-refractivity contribution < 1.29 is 19.4 Å². The molecule has 1 aromatic carbocycles. The second-order valence-corrected chi connectivity index (χ2v) is 4.13. The number of nitrogens with zero attached hydrogens (tertiary/aromatic N) is 1. The van der Waals surface area contributed by atoms with E-state index in [9.17, 15) is 9.59 Å². The molecule has 2 N–H and O–H groups in total. The quantitative estimate of drug-likeness (QED) is 0.837. The monoisotopic (exact) mass is 264 g/mol. The van der Waals surface area contributed by atoms with Crippen molar-refractivity contribution in [2.24, 2.45) is 0 Å². The molecule has 1 heterocycles. The van der Waals surface area contributed by atoms with Gasteiger partial charge in [0.05, 0.1) is 18.8 Å². The van der Waals surface area contributed by atoms with Gasteiger partial charge in [-0.1, -0.05) is 13.0 Å². The summed E-state index contributed by atoms with van der Waals surface area (Å²) in [6, 6.07) is 4.79. The van der Waals surface area contributed by atoms with Crippen LogP contribution in [0.1, 0.15) is 17.3 Å². The Bertz CT molecular complexity index is 501. The number of hydrogen-bond donors (Lipinski definition) is 2. The Balaban J connectivity index is 2.32. The highest BCUT2D eigenvalue weighted by Gasteiger charge is 2.26. The summed E-state index contributed by atoms with van der Waals surface area (Å²) in [5.41, 5.74) is 0.604. The maximum Gasteiger partial charge on any atom is 0.339 e. The molecule has 0 saturated carbocycles. The predicted molar refractivity (Wildman–Crippen MR) is 69.8 cm³/mol. The summed E-state index contributed by atoms with van der Waals surface area (Å²) in [7, 11) is 0. The lowest BCUT2D eigenvalue weighted by molar-refractivity contribution is -0.118. The average Bonchev–Trinajstić information content (AvgIpc) is 2.43. The number of fused-ring (bicyclic) bond motifs is 1. The Labute approximate surface area is 111 Å². The lowest BCUT2D eigenvalue weighted by Gasteiger charge is -2.30. The van der Waals surface area contributed by atoms with Gasteiger partial charge < -0.3 is 20.1 Å². The first-order valence-electron chi connectivity index (χ1n) is 6.15. The van der Waals surface area contributed by atoms with Crippen molar-refractivity contribution >= 4 is 17.6 Å². The van der Waals surface area contributed by atoms with E-state index in [4.69, 9.17) is 9.84 Å². The van der Waals surface area contributed by atoms with Crippen molar-refractivity contribution in [1.82, 2.24) is 5.32 Å². The molecule has 1 amide bonds. The summed E-state index contributed by atoms with van der Waals surface area (Å²) in [5.74, 6) is -0.877. The normalized spacial score (nSPS) is 13.6. The molecule has 102 valence electrons. The fourth-order valence-corrected chi connectivity index (χ4v) is 2.00. The minimum Gasteiger partial charge on any atom is -0.489 e. The number of likely N-dealkylation sites (N-methyl/N-ethyl adjacent to an activating group) is 1. The number of anilines is 1. The second-order valence-electron chi connectivity index (χ2n) is 4.13. The second kappa shape index (κ2) is 5.71. The predicted octanol–water partition coefficient (Wildman–Crippen LogP) is 0.720. The number of carboxylic acid groups (broad SMARTS) is 1. The number of carbonyl (C=O) groups excluding carboxylic acids is 1. The molecule has 0 fully saturated rings. The molecule has 0 spiro atoms. The van der Waals surface area contributed by atoms with E-state index in [2.05, 4.69) is 5.32 Å². The van der Waals surface area contributed by atoms with Crippen LogP contribution in [0.4, 0.5) is 5.69 Å². The third kappa shape index (κ3) is 2.68. The SMILES string of the molecule is CCNCC(=O)N1CCOc2c(C(=O)O)cccc21. The number of rotatable bonds is 4. The number of aromatic carboxylic acids is 1. The van der Waals surface area contributed by atoms with Crippen molar-refractivity contribution in [3.05, 3.63) is 23.8 Å². The third-order valence-corrected chi connectivity index (χ3v) is 2.90. The maximum absolute atomic E-state index is 12.1. The van der Waals surface area contributed by atoms with E-state index in [1.54, 1.807) is 17.0 Å². The zero-order valence-electron chi connectivity index (χ0n) is 10.7. The summed E-state index contributed by atoms with van der Waals surface area (Å²) in [6.45, 7) is 3.59. The third-order valence-electron chi connectivity index (χ3n) is 2.90. The largest absolute Gasteiger partial charge is 0.489 e. The molecule has 0 unspecified atom stereocenters. The van der Waals surface area contributed by atoms with Gasteiger partial charge in [0.25, 0.3) is 0 Å². The summed E-state index contributed by atoms with van der Waals surface area (Å²) >= 11 is 0. The number of nitrogens with one attached hydrogen (secondary N) is 1. The maximum atomic E-state index is 12.1. The molecule has 2 rings (SSSR count). The molecular formula is C13H16N2O4. The van der Waals surface area contributed by atoms with Crippen LogP contribution in [0.3, 0.4) is 0 Å². The van der Waals surface area contributed by atoms with Crippen LogP contribution < -0.4 is 15.0 Å². The Hall–Kier alpha value is -2.08. The molecule has 0 bridgehead atoms. The van der Waals surface area contributed by atoms with Crippen molar-refractivity contribution in [3.8, 4) is 5.75 Å². The first kappa shape index (κ1) is 13.4. The van der Waals surface area contributed by atoms with Gasteiger partial charge in [-0.05, 0) is 18.7 Å². The first-order valence-corrected chi connectivity index (χ1v) is 6.15. The van der Waals surface area contributed by atoms with Gasteiger partial charge in [-0.3, -0.25) is 4.79 Å². The molecular weight excluding hydrogens is 248 g/mol. The molecule has 1 aliphatic heterocycles. The minimum atomic E-state index is -1.06. The summed E-state index contributed by atoms with van der Waals surface area (Å²) in [6.07, 6.45) is 0. The Kier molecular flexibility index (Phi) is 4.01. The van der Waals surface area contributed by atoms with Crippen molar-refractivity contribution in [3.63, 3.8) is 0 Å². The van der Waals surface area contributed by atoms with Gasteiger partial charge in [0.1, 0.15) is 12.2 Å². The fraction of sp³-hybridized carbons (Fsp3) is 0.385. The van der Waals surface area contributed by atoms with Crippen LogP contribution in [0.15, 0.2) is 18.2 Å². The van der Waals surface area contributed by atoms with Gasteiger partial charge in [0, 0.05) is 0 Å². The van der Waals surface area contributed by atoms with E-state index in [1.807, 2.05) is 6.92 Å². The van der Waals surface area contributed by atoms with Crippen molar-refractivity contribution in [1.29, 1.82) is 0 Å². The Morgan fingerprint density at radius 2 is 2.26 bits per heavy atom. The van der Waals surface area contributed by atoms with E-state index >= 15 is 0 Å². The highest BCUT2D eigenvalue weighted by molar-refractivity contribution is 6.00. The summed E-state index contributed by atoms with van der Waals surface area (Å²) in [4.78, 5) is 24.8. The topological polar surface area (TPSA) is 78.9 Å². The van der Waals surface area contributed by atoms with Crippen LogP contribution in [0.5, 0.6) is 5.75 Å². The Morgan fingerprint density at radius 3 is 2.95 bits per heavy atom. The average molecular weight is 264 g/mol. The fourth-order valence-electron chi connectivity index (χ4n) is 2.00. The van der Waals surface area contributed by atoms with Gasteiger partial charge in [-0.2, -0.15) is 0 Å². The molecule has 1 aromatic rings. The molecule has 0 saturated heterocycles. The minimum absolute atomic E-state index is 0.0819. The highest BCUT2D eigenvalue weighted by atomic mass is 16.5. The van der Waals surface area contributed by atoms with E-state index in [0.717, 1.165) is 0 Å². The highest BCUT2D eigenvalue weighted by Crippen LogP contribution is 2.34. The van der Waals surface area contributed by atoms with Crippen LogP contribution in [-0.2, 0) is 4.79 Å². The summed E-state index contributed by atoms with van der Waals surface area (Å²) in [5, 5.41) is 12.1. The molecule has 19 heavy (non-hydrogen) atoms. The molecule has 6 heteroatoms. The van der Waals surface area contributed by atoms with Gasteiger partial charge >= 0.3 is 5.97 Å². The molecule has 6 nitrogen and oxygen atoms in total. The lowest BCUT2D eigenvalue weighted by Crippen LogP contribution is -2.43. The molecule has 0 aromatic heterocycles. The Morgan fingerprint density at radius 1 is 1.47 bits per heavy atom. The lowest BCUT2D eigenvalue weighted by atomic mass is 10.1. The number of hydrogen-bond acceptors (Lipinski definition) is 4. The van der Waals surface area contributed by atoms with Crippen LogP contribution in [0.2, 0.25) is 0 Å². The van der Waals surface area contributed by atoms with E-state index in [1.165, 1.54) is 6.07 Å². The summed E-state index contributed by atoms with van der Waals surface area (Å²) < 4.78 is 5.41. The standard InChI is InChI=1S/C13H16N2O4/c1-2-14-8-11(16)15-6-7-19-12-9(13(17)18)4-3-5-10(12)15/h3-5,14H,2,6-8H2,1H3,(H,17,18).